The molecule has 0 unspecified atom stereocenters. The van der Waals surface area contributed by atoms with E-state index in [2.05, 4.69) is 44.7 Å². The van der Waals surface area contributed by atoms with Crippen molar-refractivity contribution in [3.63, 3.8) is 0 Å². The molecule has 1 amide bonds. The fourth-order valence-electron chi connectivity index (χ4n) is 4.62. The van der Waals surface area contributed by atoms with Crippen molar-refractivity contribution in [1.29, 1.82) is 0 Å². The lowest BCUT2D eigenvalue weighted by Crippen LogP contribution is -2.42. The maximum Gasteiger partial charge on any atom is 0.412 e. The van der Waals surface area contributed by atoms with Crippen molar-refractivity contribution in [2.75, 3.05) is 50.2 Å². The third-order valence-electron chi connectivity index (χ3n) is 6.36. The molecule has 1 saturated heterocycles. The fourth-order valence-corrected chi connectivity index (χ4v) is 4.62. The van der Waals surface area contributed by atoms with Gasteiger partial charge in [0.1, 0.15) is 23.0 Å². The number of methoxy groups -OCH3 is 1. The van der Waals surface area contributed by atoms with E-state index in [1.807, 2.05) is 45.2 Å². The lowest BCUT2D eigenvalue weighted by atomic mass is 10.0. The zero-order valence-corrected chi connectivity index (χ0v) is 21.5. The van der Waals surface area contributed by atoms with Crippen molar-refractivity contribution in [2.24, 2.45) is 0 Å². The summed E-state index contributed by atoms with van der Waals surface area (Å²) in [5.74, 6) is 2.09. The molecule has 3 N–H and O–H groups in total. The summed E-state index contributed by atoms with van der Waals surface area (Å²) in [6, 6.07) is 8.42. The highest BCUT2D eigenvalue weighted by atomic mass is 16.6. The number of nitrogens with zero attached hydrogens (tertiary/aromatic N) is 4. The van der Waals surface area contributed by atoms with Gasteiger partial charge in [-0.2, -0.15) is 0 Å². The van der Waals surface area contributed by atoms with Crippen LogP contribution < -0.4 is 20.7 Å². The Morgan fingerprint density at radius 1 is 1.20 bits per heavy atom. The van der Waals surface area contributed by atoms with Crippen molar-refractivity contribution in [2.45, 2.75) is 45.3 Å². The Bertz CT molecular complexity index is 1210. The van der Waals surface area contributed by atoms with E-state index >= 15 is 0 Å². The van der Waals surface area contributed by atoms with E-state index < -0.39 is 11.7 Å². The average Bonchev–Trinajstić information content (AvgIpc) is 3.19. The van der Waals surface area contributed by atoms with Gasteiger partial charge in [0.25, 0.3) is 0 Å². The van der Waals surface area contributed by atoms with Gasteiger partial charge in [-0.05, 0) is 71.5 Å². The Balaban J connectivity index is 1.69. The topological polar surface area (TPSA) is 97.4 Å². The minimum Gasteiger partial charge on any atom is -0.495 e. The number of carbonyl (C=O) groups excluding carboxylic acids is 1. The molecule has 1 fully saturated rings. The highest BCUT2D eigenvalue weighted by molar-refractivity contribution is 5.93. The third kappa shape index (κ3) is 5.30. The Hall–Kier alpha value is -3.46. The summed E-state index contributed by atoms with van der Waals surface area (Å²) >= 11 is 0. The van der Waals surface area contributed by atoms with Gasteiger partial charge in [0.05, 0.1) is 18.3 Å². The maximum absolute atomic E-state index is 12.3. The number of ether oxygens (including phenoxy) is 2. The number of nitrogens with two attached hydrogens (primary N) is 1. The molecule has 3 aromatic rings. The van der Waals surface area contributed by atoms with Crippen molar-refractivity contribution in [3.8, 4) is 16.9 Å². The van der Waals surface area contributed by atoms with Crippen molar-refractivity contribution in [3.05, 3.63) is 36.7 Å². The molecule has 1 aliphatic heterocycles. The molecule has 0 saturated carbocycles. The van der Waals surface area contributed by atoms with Crippen LogP contribution in [-0.4, -0.2) is 66.3 Å². The van der Waals surface area contributed by atoms with Crippen LogP contribution >= 0.6 is 0 Å². The van der Waals surface area contributed by atoms with Crippen LogP contribution in [0.25, 0.3) is 16.6 Å². The van der Waals surface area contributed by atoms with Crippen LogP contribution in [0.5, 0.6) is 5.75 Å². The standard InChI is InChI=1S/C26H36N6O3/c1-26(2,3)35-25(33)29-20-8-7-17(15-21(20)34-6)19-16-22(32-14-11-28-24(27)23(19)32)31-12-9-18(10-13-31)30(4)5/h7-8,11,14-16,18H,9-10,12-13H2,1-6H3,(H2,27,28)(H,29,33). The lowest BCUT2D eigenvalue weighted by molar-refractivity contribution is 0.0635. The SMILES string of the molecule is COc1cc(-c2cc(N3CCC(N(C)C)CC3)n3ccnc(N)c23)ccc1NC(=O)OC(C)(C)C. The molecule has 3 heterocycles. The molecule has 0 radical (unpaired) electrons. The molecule has 1 aromatic carbocycles. The van der Waals surface area contributed by atoms with Crippen molar-refractivity contribution < 1.29 is 14.3 Å². The number of aromatic nitrogens is 2. The summed E-state index contributed by atoms with van der Waals surface area (Å²) in [4.78, 5) is 21.4. The number of carbonyl (C=O) groups is 1. The fraction of sp³-hybridized carbons (Fsp3) is 0.462. The second-order valence-corrected chi connectivity index (χ2v) is 10.2. The normalized spacial score (nSPS) is 15.0. The first-order chi connectivity index (χ1) is 16.6. The van der Waals surface area contributed by atoms with Gasteiger partial charge in [0, 0.05) is 37.1 Å². The highest BCUT2D eigenvalue weighted by Crippen LogP contribution is 2.38. The van der Waals surface area contributed by atoms with E-state index in [9.17, 15) is 4.79 Å². The zero-order chi connectivity index (χ0) is 25.3. The molecule has 4 rings (SSSR count). The van der Waals surface area contributed by atoms with Gasteiger partial charge in [0.15, 0.2) is 0 Å². The molecule has 188 valence electrons. The average molecular weight is 481 g/mol. The monoisotopic (exact) mass is 480 g/mol. The smallest absolute Gasteiger partial charge is 0.412 e. The molecule has 2 aromatic heterocycles. The Morgan fingerprint density at radius 2 is 1.91 bits per heavy atom. The van der Waals surface area contributed by atoms with E-state index in [1.165, 1.54) is 0 Å². The van der Waals surface area contributed by atoms with Crippen LogP contribution in [0.15, 0.2) is 36.7 Å². The second kappa shape index (κ2) is 9.65. The van der Waals surface area contributed by atoms with Crippen LogP contribution in [0.4, 0.5) is 22.1 Å². The number of piperidine rings is 1. The summed E-state index contributed by atoms with van der Waals surface area (Å²) < 4.78 is 13.1. The van der Waals surface area contributed by atoms with Crippen LogP contribution in [-0.2, 0) is 4.74 Å². The first-order valence-corrected chi connectivity index (χ1v) is 11.9. The van der Waals surface area contributed by atoms with Gasteiger partial charge in [0.2, 0.25) is 0 Å². The summed E-state index contributed by atoms with van der Waals surface area (Å²) in [5, 5.41) is 2.77. The van der Waals surface area contributed by atoms with Crippen LogP contribution in [0.2, 0.25) is 0 Å². The minimum absolute atomic E-state index is 0.465. The van der Waals surface area contributed by atoms with Crippen molar-refractivity contribution in [1.82, 2.24) is 14.3 Å². The molecule has 35 heavy (non-hydrogen) atoms. The van der Waals surface area contributed by atoms with Crippen molar-refractivity contribution >= 4 is 28.9 Å². The Kier molecular flexibility index (Phi) is 6.80. The number of rotatable bonds is 5. The quantitative estimate of drug-likeness (QED) is 0.556. The largest absolute Gasteiger partial charge is 0.495 e. The number of nitrogens with one attached hydrogen (secondary N) is 1. The number of anilines is 3. The van der Waals surface area contributed by atoms with Crippen LogP contribution in [0.1, 0.15) is 33.6 Å². The van der Waals surface area contributed by atoms with Gasteiger partial charge in [-0.1, -0.05) is 6.07 Å². The summed E-state index contributed by atoms with van der Waals surface area (Å²) in [6.45, 7) is 7.41. The highest BCUT2D eigenvalue weighted by Gasteiger charge is 2.25. The summed E-state index contributed by atoms with van der Waals surface area (Å²) in [6.07, 6.45) is 5.37. The van der Waals surface area contributed by atoms with Crippen LogP contribution in [0, 0.1) is 0 Å². The molecule has 0 aliphatic carbocycles. The van der Waals surface area contributed by atoms with Gasteiger partial charge < -0.3 is 25.0 Å². The molecular weight excluding hydrogens is 444 g/mol. The molecule has 1 aliphatic rings. The van der Waals surface area contributed by atoms with E-state index in [0.717, 1.165) is 48.4 Å². The molecule has 0 spiro atoms. The molecule has 0 atom stereocenters. The first-order valence-electron chi connectivity index (χ1n) is 11.9. The van der Waals surface area contributed by atoms with E-state index in [1.54, 1.807) is 13.3 Å². The first kappa shape index (κ1) is 24.7. The van der Waals surface area contributed by atoms with Crippen LogP contribution in [0.3, 0.4) is 0 Å². The Labute approximate surface area is 206 Å². The lowest BCUT2D eigenvalue weighted by Gasteiger charge is -2.36. The number of nitrogen functional groups attached to an aromatic ring is 1. The number of hydrogen-bond acceptors (Lipinski definition) is 7. The number of fused-ring (bicyclic) bond motifs is 1. The van der Waals surface area contributed by atoms with Gasteiger partial charge in [-0.15, -0.1) is 0 Å². The zero-order valence-electron chi connectivity index (χ0n) is 21.5. The predicted octanol–water partition coefficient (Wildman–Crippen LogP) is 4.47. The third-order valence-corrected chi connectivity index (χ3v) is 6.36. The molecule has 9 heteroatoms. The van der Waals surface area contributed by atoms with Gasteiger partial charge in [-0.25, -0.2) is 9.78 Å². The second-order valence-electron chi connectivity index (χ2n) is 10.2. The molecular formula is C26H36N6O3. The summed E-state index contributed by atoms with van der Waals surface area (Å²) in [5.41, 5.74) is 9.04. The van der Waals surface area contributed by atoms with Gasteiger partial charge in [-0.3, -0.25) is 9.72 Å². The number of amides is 1. The number of hydrogen-bond donors (Lipinski definition) is 2. The predicted molar refractivity (Wildman–Crippen MR) is 140 cm³/mol. The van der Waals surface area contributed by atoms with E-state index in [4.69, 9.17) is 15.2 Å². The number of benzene rings is 1. The van der Waals surface area contributed by atoms with E-state index in [0.29, 0.717) is 23.3 Å². The minimum atomic E-state index is -0.593. The molecule has 0 bridgehead atoms. The summed E-state index contributed by atoms with van der Waals surface area (Å²) in [7, 11) is 5.87. The molecule has 9 nitrogen and oxygen atoms in total. The maximum atomic E-state index is 12.3. The van der Waals surface area contributed by atoms with Gasteiger partial charge >= 0.3 is 6.09 Å². The van der Waals surface area contributed by atoms with E-state index in [-0.39, 0.29) is 0 Å². The Morgan fingerprint density at radius 3 is 2.54 bits per heavy atom.